The molecule has 0 radical (unpaired) electrons. The molecular formula is C24H38O4. The fraction of sp³-hybridized carbons (Fsp3) is 0.667. The third-order valence-corrected chi connectivity index (χ3v) is 5.23. The molecule has 0 aromatic carbocycles. The number of rotatable bonds is 11. The molecule has 0 N–H and O–H groups in total. The average molecular weight is 391 g/mol. The van der Waals surface area contributed by atoms with Gasteiger partial charge in [0.2, 0.25) is 0 Å². The van der Waals surface area contributed by atoms with Gasteiger partial charge in [-0.3, -0.25) is 0 Å². The molecular weight excluding hydrogens is 352 g/mol. The first kappa shape index (κ1) is 22.4. The SMILES string of the molecule is CCCC=CC1COC(OOC2=C(CC)CC(C=CCCC)CO2)=C(CC)C1. The van der Waals surface area contributed by atoms with Gasteiger partial charge in [0, 0.05) is 23.0 Å². The molecule has 0 bridgehead atoms. The Hall–Kier alpha value is -1.84. The van der Waals surface area contributed by atoms with Gasteiger partial charge in [-0.15, -0.1) is 0 Å². The minimum Gasteiger partial charge on any atom is -0.462 e. The third-order valence-electron chi connectivity index (χ3n) is 5.23. The molecule has 2 atom stereocenters. The zero-order valence-electron chi connectivity index (χ0n) is 18.2. The largest absolute Gasteiger partial charge is 0.462 e. The van der Waals surface area contributed by atoms with Crippen LogP contribution in [0.2, 0.25) is 0 Å². The van der Waals surface area contributed by atoms with Crippen LogP contribution in [-0.4, -0.2) is 13.2 Å². The van der Waals surface area contributed by atoms with Gasteiger partial charge in [0.15, 0.2) is 0 Å². The second-order valence-electron chi connectivity index (χ2n) is 7.64. The van der Waals surface area contributed by atoms with Crippen molar-refractivity contribution in [2.75, 3.05) is 13.2 Å². The van der Waals surface area contributed by atoms with E-state index in [4.69, 9.17) is 19.2 Å². The molecule has 28 heavy (non-hydrogen) atoms. The smallest absolute Gasteiger partial charge is 0.329 e. The van der Waals surface area contributed by atoms with Crippen LogP contribution in [0.1, 0.15) is 79.1 Å². The number of hydrogen-bond donors (Lipinski definition) is 0. The highest BCUT2D eigenvalue weighted by Gasteiger charge is 2.25. The molecule has 158 valence electrons. The second kappa shape index (κ2) is 12.6. The molecule has 2 aliphatic rings. The Bertz CT molecular complexity index is 533. The van der Waals surface area contributed by atoms with Crippen molar-refractivity contribution in [3.63, 3.8) is 0 Å². The van der Waals surface area contributed by atoms with E-state index in [-0.39, 0.29) is 0 Å². The van der Waals surface area contributed by atoms with Crippen molar-refractivity contribution >= 4 is 0 Å². The van der Waals surface area contributed by atoms with E-state index in [0.717, 1.165) is 49.7 Å². The Morgan fingerprint density at radius 2 is 1.18 bits per heavy atom. The van der Waals surface area contributed by atoms with Crippen molar-refractivity contribution in [2.45, 2.75) is 79.1 Å². The maximum absolute atomic E-state index is 5.86. The molecule has 0 saturated carbocycles. The highest BCUT2D eigenvalue weighted by atomic mass is 17.2. The fourth-order valence-electron chi connectivity index (χ4n) is 3.46. The molecule has 0 fully saturated rings. The first-order valence-electron chi connectivity index (χ1n) is 11.1. The molecule has 2 rings (SSSR count). The van der Waals surface area contributed by atoms with E-state index in [2.05, 4.69) is 52.0 Å². The standard InChI is InChI=1S/C24H38O4/c1-5-9-11-13-19-15-21(7-3)23(25-17-19)27-28-24-22(8-4)16-20(18-26-24)14-12-10-6-2/h11-14,19-20H,5-10,15-18H2,1-4H3. The van der Waals surface area contributed by atoms with Gasteiger partial charge >= 0.3 is 11.9 Å². The summed E-state index contributed by atoms with van der Waals surface area (Å²) in [5, 5.41) is 0. The summed E-state index contributed by atoms with van der Waals surface area (Å²) in [6, 6.07) is 0. The maximum atomic E-state index is 5.86. The number of hydrogen-bond acceptors (Lipinski definition) is 4. The second-order valence-corrected chi connectivity index (χ2v) is 7.64. The normalized spacial score (nSPS) is 23.3. The lowest BCUT2D eigenvalue weighted by molar-refractivity contribution is -0.298. The summed E-state index contributed by atoms with van der Waals surface area (Å²) >= 11 is 0. The molecule has 0 aromatic rings. The molecule has 0 amide bonds. The van der Waals surface area contributed by atoms with Crippen LogP contribution in [0.3, 0.4) is 0 Å². The summed E-state index contributed by atoms with van der Waals surface area (Å²) in [6.45, 7) is 9.90. The summed E-state index contributed by atoms with van der Waals surface area (Å²) < 4.78 is 11.7. The van der Waals surface area contributed by atoms with Gasteiger partial charge in [0.25, 0.3) is 0 Å². The zero-order valence-corrected chi connectivity index (χ0v) is 18.2. The lowest BCUT2D eigenvalue weighted by Crippen LogP contribution is -2.20. The summed E-state index contributed by atoms with van der Waals surface area (Å²) in [6.07, 6.45) is 17.3. The Morgan fingerprint density at radius 1 is 0.750 bits per heavy atom. The molecule has 0 saturated heterocycles. The van der Waals surface area contributed by atoms with E-state index in [1.807, 2.05) is 0 Å². The summed E-state index contributed by atoms with van der Waals surface area (Å²) in [5.41, 5.74) is 2.32. The Morgan fingerprint density at radius 3 is 1.54 bits per heavy atom. The highest BCUT2D eigenvalue weighted by Crippen LogP contribution is 2.31. The van der Waals surface area contributed by atoms with Crippen LogP contribution in [0.25, 0.3) is 0 Å². The quantitative estimate of drug-likeness (QED) is 0.217. The molecule has 0 aliphatic carbocycles. The van der Waals surface area contributed by atoms with Crippen molar-refractivity contribution in [3.05, 3.63) is 47.3 Å². The number of unbranched alkanes of at least 4 members (excludes halogenated alkanes) is 2. The van der Waals surface area contributed by atoms with Crippen molar-refractivity contribution in [1.29, 1.82) is 0 Å². The first-order valence-corrected chi connectivity index (χ1v) is 11.1. The van der Waals surface area contributed by atoms with Crippen molar-refractivity contribution in [3.8, 4) is 0 Å². The fourth-order valence-corrected chi connectivity index (χ4v) is 3.46. The van der Waals surface area contributed by atoms with E-state index in [1.165, 1.54) is 12.8 Å². The molecule has 0 spiro atoms. The summed E-state index contributed by atoms with van der Waals surface area (Å²) in [5.74, 6) is 1.86. The van der Waals surface area contributed by atoms with E-state index >= 15 is 0 Å². The zero-order chi connectivity index (χ0) is 20.2. The Labute approximate surface area is 171 Å². The van der Waals surface area contributed by atoms with Crippen molar-refractivity contribution in [2.24, 2.45) is 11.8 Å². The molecule has 2 heterocycles. The molecule has 2 aliphatic heterocycles. The molecule has 4 nitrogen and oxygen atoms in total. The van der Waals surface area contributed by atoms with Gasteiger partial charge in [-0.1, -0.05) is 64.8 Å². The molecule has 0 aromatic heterocycles. The predicted molar refractivity (Wildman–Crippen MR) is 113 cm³/mol. The van der Waals surface area contributed by atoms with Crippen LogP contribution >= 0.6 is 0 Å². The van der Waals surface area contributed by atoms with Gasteiger partial charge in [-0.2, -0.15) is 0 Å². The maximum Gasteiger partial charge on any atom is 0.329 e. The average Bonchev–Trinajstić information content (AvgIpc) is 2.73. The lowest BCUT2D eigenvalue weighted by atomic mass is 9.96. The van der Waals surface area contributed by atoms with Crippen LogP contribution in [0.4, 0.5) is 0 Å². The third kappa shape index (κ3) is 6.96. The van der Waals surface area contributed by atoms with Crippen molar-refractivity contribution in [1.82, 2.24) is 0 Å². The Kier molecular flexibility index (Phi) is 10.1. The van der Waals surface area contributed by atoms with Gasteiger partial charge in [0.1, 0.15) is 0 Å². The van der Waals surface area contributed by atoms with E-state index in [9.17, 15) is 0 Å². The van der Waals surface area contributed by atoms with Gasteiger partial charge < -0.3 is 9.47 Å². The van der Waals surface area contributed by atoms with Gasteiger partial charge in [-0.05, 0) is 38.5 Å². The van der Waals surface area contributed by atoms with Crippen LogP contribution in [0.5, 0.6) is 0 Å². The Balaban J connectivity index is 1.94. The summed E-state index contributed by atoms with van der Waals surface area (Å²) in [4.78, 5) is 11.2. The van der Waals surface area contributed by atoms with Gasteiger partial charge in [0.05, 0.1) is 13.2 Å². The molecule has 4 heteroatoms. The van der Waals surface area contributed by atoms with Gasteiger partial charge in [-0.25, -0.2) is 9.78 Å². The predicted octanol–water partition coefficient (Wildman–Crippen LogP) is 6.96. The summed E-state index contributed by atoms with van der Waals surface area (Å²) in [7, 11) is 0. The van der Waals surface area contributed by atoms with E-state index in [0.29, 0.717) is 36.9 Å². The van der Waals surface area contributed by atoms with Crippen LogP contribution < -0.4 is 0 Å². The van der Waals surface area contributed by atoms with Crippen LogP contribution in [-0.2, 0) is 19.2 Å². The topological polar surface area (TPSA) is 36.9 Å². The van der Waals surface area contributed by atoms with E-state index < -0.39 is 0 Å². The lowest BCUT2D eigenvalue weighted by Gasteiger charge is -2.27. The van der Waals surface area contributed by atoms with E-state index in [1.54, 1.807) is 0 Å². The van der Waals surface area contributed by atoms with Crippen LogP contribution in [0, 0.1) is 11.8 Å². The number of ether oxygens (including phenoxy) is 2. The molecule has 2 unspecified atom stereocenters. The van der Waals surface area contributed by atoms with Crippen LogP contribution in [0.15, 0.2) is 47.3 Å². The minimum atomic E-state index is 0.417. The first-order chi connectivity index (χ1) is 13.7. The number of allylic oxidation sites excluding steroid dienone is 4. The monoisotopic (exact) mass is 390 g/mol. The van der Waals surface area contributed by atoms with Crippen molar-refractivity contribution < 1.29 is 19.2 Å². The minimum absolute atomic E-state index is 0.417. The highest BCUT2D eigenvalue weighted by molar-refractivity contribution is 5.12.